The predicted molar refractivity (Wildman–Crippen MR) is 235 cm³/mol. The van der Waals surface area contributed by atoms with Crippen LogP contribution in [0, 0.1) is 0 Å². The van der Waals surface area contributed by atoms with E-state index in [4.69, 9.17) is 14.4 Å². The van der Waals surface area contributed by atoms with Gasteiger partial charge in [0.2, 0.25) is 5.95 Å². The van der Waals surface area contributed by atoms with Crippen LogP contribution in [0.4, 0.5) is 0 Å². The van der Waals surface area contributed by atoms with Crippen molar-refractivity contribution in [3.8, 4) is 22.9 Å². The van der Waals surface area contributed by atoms with E-state index >= 15 is 0 Å². The number of aryl methyl sites for hydroxylation is 1. The zero-order valence-corrected chi connectivity index (χ0v) is 31.2. The monoisotopic (exact) mass is 732 g/mol. The molecule has 270 valence electrons. The van der Waals surface area contributed by atoms with Crippen LogP contribution in [0.25, 0.3) is 94.9 Å². The second-order valence-electron chi connectivity index (χ2n) is 15.2. The van der Waals surface area contributed by atoms with Gasteiger partial charge in [0.25, 0.3) is 0 Å². The molecule has 5 nitrogen and oxygen atoms in total. The average Bonchev–Trinajstić information content (AvgIpc) is 3.94. The topological polar surface area (TPSA) is 48.8 Å². The Hall–Kier alpha value is -7.24. The van der Waals surface area contributed by atoms with E-state index in [-0.39, 0.29) is 0 Å². The molecule has 4 heterocycles. The summed E-state index contributed by atoms with van der Waals surface area (Å²) in [5.41, 5.74) is 16.5. The van der Waals surface area contributed by atoms with Crippen LogP contribution in [0.1, 0.15) is 41.6 Å². The van der Waals surface area contributed by atoms with Gasteiger partial charge in [-0.15, -0.1) is 0 Å². The van der Waals surface area contributed by atoms with Crippen molar-refractivity contribution >= 4 is 72.0 Å². The summed E-state index contributed by atoms with van der Waals surface area (Å²) in [5, 5.41) is 4.74. The molecule has 0 saturated carbocycles. The van der Waals surface area contributed by atoms with Gasteiger partial charge in [-0.05, 0) is 108 Å². The summed E-state index contributed by atoms with van der Waals surface area (Å²) in [7, 11) is 0. The third kappa shape index (κ3) is 5.02. The molecule has 12 rings (SSSR count). The van der Waals surface area contributed by atoms with Crippen LogP contribution in [0.3, 0.4) is 0 Å². The third-order valence-corrected chi connectivity index (χ3v) is 12.0. The molecule has 0 radical (unpaired) electrons. The van der Waals surface area contributed by atoms with Crippen LogP contribution in [-0.4, -0.2) is 19.1 Å². The summed E-state index contributed by atoms with van der Waals surface area (Å²) in [6.07, 6.45) is 13.1. The summed E-state index contributed by atoms with van der Waals surface area (Å²) >= 11 is 0. The number of hydrogen-bond acceptors (Lipinski definition) is 3. The highest BCUT2D eigenvalue weighted by Crippen LogP contribution is 2.42. The van der Waals surface area contributed by atoms with Crippen LogP contribution < -0.4 is 0 Å². The number of benzene rings is 6. The molecule has 0 N–H and O–H groups in total. The minimum Gasteiger partial charge on any atom is -0.452 e. The predicted octanol–water partition coefficient (Wildman–Crippen LogP) is 13.3. The van der Waals surface area contributed by atoms with Crippen LogP contribution in [0.5, 0.6) is 0 Å². The summed E-state index contributed by atoms with van der Waals surface area (Å²) in [6.45, 7) is 0. The van der Waals surface area contributed by atoms with Gasteiger partial charge in [-0.1, -0.05) is 115 Å². The first-order chi connectivity index (χ1) is 28.3. The highest BCUT2D eigenvalue weighted by atomic mass is 16.3. The summed E-state index contributed by atoms with van der Waals surface area (Å²) in [6, 6.07) is 52.0. The first-order valence-electron chi connectivity index (χ1n) is 19.8. The van der Waals surface area contributed by atoms with Crippen molar-refractivity contribution in [2.45, 2.75) is 25.7 Å². The zero-order chi connectivity index (χ0) is 37.5. The van der Waals surface area contributed by atoms with E-state index < -0.39 is 0 Å². The molecule has 0 spiro atoms. The number of nitrogens with zero attached hydrogens (tertiary/aromatic N) is 4. The Kier molecular flexibility index (Phi) is 7.11. The first kappa shape index (κ1) is 32.0. The quantitative estimate of drug-likeness (QED) is 0.177. The van der Waals surface area contributed by atoms with Gasteiger partial charge in [-0.2, -0.15) is 0 Å². The number of allylic oxidation sites excluding steroid dienone is 5. The van der Waals surface area contributed by atoms with Gasteiger partial charge < -0.3 is 8.98 Å². The van der Waals surface area contributed by atoms with Gasteiger partial charge in [0, 0.05) is 32.8 Å². The molecule has 0 saturated heterocycles. The zero-order valence-electron chi connectivity index (χ0n) is 31.2. The van der Waals surface area contributed by atoms with Crippen molar-refractivity contribution in [3.05, 3.63) is 186 Å². The maximum absolute atomic E-state index is 6.46. The lowest BCUT2D eigenvalue weighted by atomic mass is 9.90. The van der Waals surface area contributed by atoms with E-state index in [9.17, 15) is 0 Å². The number of rotatable bonds is 5. The van der Waals surface area contributed by atoms with Crippen molar-refractivity contribution in [1.82, 2.24) is 19.1 Å². The minimum atomic E-state index is 0.642. The average molecular weight is 733 g/mol. The van der Waals surface area contributed by atoms with Crippen LogP contribution in [0.15, 0.2) is 168 Å². The molecule has 57 heavy (non-hydrogen) atoms. The van der Waals surface area contributed by atoms with E-state index in [1.807, 2.05) is 36.4 Å². The van der Waals surface area contributed by atoms with Gasteiger partial charge in [0.15, 0.2) is 5.58 Å². The molecule has 0 fully saturated rings. The van der Waals surface area contributed by atoms with Gasteiger partial charge in [0.05, 0.1) is 22.2 Å². The van der Waals surface area contributed by atoms with Crippen molar-refractivity contribution < 1.29 is 4.42 Å². The fourth-order valence-electron chi connectivity index (χ4n) is 9.29. The van der Waals surface area contributed by atoms with Crippen molar-refractivity contribution in [2.75, 3.05) is 0 Å². The fourth-order valence-corrected chi connectivity index (χ4v) is 9.29. The summed E-state index contributed by atoms with van der Waals surface area (Å²) < 4.78 is 11.2. The molecule has 2 aliphatic carbocycles. The smallest absolute Gasteiger partial charge is 0.236 e. The number of para-hydroxylation sites is 3. The van der Waals surface area contributed by atoms with E-state index in [1.165, 1.54) is 60.7 Å². The number of hydrogen-bond donors (Lipinski definition) is 0. The molecule has 0 amide bonds. The molecular weight excluding hydrogens is 697 g/mol. The van der Waals surface area contributed by atoms with Crippen LogP contribution in [0.2, 0.25) is 0 Å². The number of furan rings is 1. The standard InChI is InChI=1S/C52H36N4O/c1-3-14-33(15-4-1)35-18-13-19-38(30-35)55-44-23-10-8-21-40(44)43-31-36(27-29-46(43)55)37-26-28-41-39-20-7-11-24-45(39)56(47(41)32-37)52-53-49(34-16-5-2-6-17-34)51-50(54-52)42-22-9-12-25-48(42)57-51/h1-3,5-14,16-25,27,29-32H,4,15,26,28H2. The van der Waals surface area contributed by atoms with Gasteiger partial charge >= 0.3 is 0 Å². The number of aromatic nitrogens is 4. The second-order valence-corrected chi connectivity index (χ2v) is 15.2. The Labute approximate surface area is 329 Å². The first-order valence-corrected chi connectivity index (χ1v) is 19.8. The molecule has 6 aromatic carbocycles. The van der Waals surface area contributed by atoms with Crippen molar-refractivity contribution in [2.24, 2.45) is 0 Å². The molecule has 5 heteroatoms. The molecule has 0 atom stereocenters. The molecule has 2 aliphatic rings. The highest BCUT2D eigenvalue weighted by molar-refractivity contribution is 6.11. The van der Waals surface area contributed by atoms with Gasteiger partial charge in [-0.25, -0.2) is 9.97 Å². The van der Waals surface area contributed by atoms with Gasteiger partial charge in [0.1, 0.15) is 16.8 Å². The van der Waals surface area contributed by atoms with E-state index in [1.54, 1.807) is 0 Å². The lowest BCUT2D eigenvalue weighted by Crippen LogP contribution is -2.07. The SMILES string of the molecule is C1=CCCC(c2cccc(-n3c4ccccc4c4cc(C5=Cc6c(c7ccccc7n6-c6nc(-c7ccccc7)c7oc8ccccc8c7n6)CC5)ccc43)c2)=C1. The van der Waals surface area contributed by atoms with Crippen molar-refractivity contribution in [3.63, 3.8) is 0 Å². The third-order valence-electron chi connectivity index (χ3n) is 12.0. The molecule has 0 aliphatic heterocycles. The van der Waals surface area contributed by atoms with Crippen molar-refractivity contribution in [1.29, 1.82) is 0 Å². The Morgan fingerprint density at radius 1 is 0.526 bits per heavy atom. The number of fused-ring (bicyclic) bond motifs is 9. The Morgan fingerprint density at radius 2 is 1.26 bits per heavy atom. The maximum Gasteiger partial charge on any atom is 0.236 e. The minimum absolute atomic E-state index is 0.642. The fraction of sp³-hybridized carbons (Fsp3) is 0.0769. The highest BCUT2D eigenvalue weighted by Gasteiger charge is 2.26. The van der Waals surface area contributed by atoms with Crippen LogP contribution >= 0.6 is 0 Å². The lowest BCUT2D eigenvalue weighted by Gasteiger charge is -2.17. The Morgan fingerprint density at radius 3 is 2.12 bits per heavy atom. The summed E-state index contributed by atoms with van der Waals surface area (Å²) in [4.78, 5) is 10.6. The summed E-state index contributed by atoms with van der Waals surface area (Å²) in [5.74, 6) is 0.642. The normalized spacial score (nSPS) is 14.2. The van der Waals surface area contributed by atoms with E-state index in [0.29, 0.717) is 11.5 Å². The second kappa shape index (κ2) is 12.7. The maximum atomic E-state index is 6.46. The van der Waals surface area contributed by atoms with Gasteiger partial charge in [-0.3, -0.25) is 4.57 Å². The molecule has 0 unspecified atom stereocenters. The molecule has 10 aromatic rings. The Bertz CT molecular complexity index is 3350. The molecule has 4 aromatic heterocycles. The Balaban J connectivity index is 1.04. The lowest BCUT2D eigenvalue weighted by molar-refractivity contribution is 0.666. The molecular formula is C52H36N4O. The van der Waals surface area contributed by atoms with E-state index in [0.717, 1.165) is 64.6 Å². The largest absolute Gasteiger partial charge is 0.452 e. The van der Waals surface area contributed by atoms with E-state index in [2.05, 4.69) is 143 Å². The van der Waals surface area contributed by atoms with Crippen LogP contribution in [-0.2, 0) is 6.42 Å². The molecule has 0 bridgehead atoms.